The third-order valence-corrected chi connectivity index (χ3v) is 1.76. The highest BCUT2D eigenvalue weighted by atomic mass is 16.5. The van der Waals surface area contributed by atoms with E-state index in [0.29, 0.717) is 5.75 Å². The van der Waals surface area contributed by atoms with E-state index in [0.717, 1.165) is 0 Å². The molecule has 1 heterocycles. The molecule has 0 atom stereocenters. The Bertz CT molecular complexity index is 481. The van der Waals surface area contributed by atoms with E-state index in [1.807, 2.05) is 18.2 Å². The fraction of sp³-hybridized carbons (Fsp3) is 0.100. The molecule has 16 heavy (non-hydrogen) atoms. The molecule has 0 aliphatic carbocycles. The van der Waals surface area contributed by atoms with Gasteiger partial charge in [0, 0.05) is 0 Å². The number of benzene rings is 1. The Morgan fingerprint density at radius 1 is 1.38 bits per heavy atom. The van der Waals surface area contributed by atoms with Crippen molar-refractivity contribution in [3.8, 4) is 5.75 Å². The first-order valence-corrected chi connectivity index (χ1v) is 4.49. The van der Waals surface area contributed by atoms with Crippen LogP contribution in [-0.4, -0.2) is 21.2 Å². The summed E-state index contributed by atoms with van der Waals surface area (Å²) < 4.78 is 9.98. The molecule has 6 nitrogen and oxygen atoms in total. The summed E-state index contributed by atoms with van der Waals surface area (Å²) in [4.78, 5) is 14.1. The monoisotopic (exact) mass is 220 g/mol. The van der Waals surface area contributed by atoms with Crippen LogP contribution in [0, 0.1) is 0 Å². The lowest BCUT2D eigenvalue weighted by molar-refractivity contribution is 0.0680. The summed E-state index contributed by atoms with van der Waals surface area (Å²) in [5.74, 6) is -0.819. The Balaban J connectivity index is 1.97. The molecule has 0 radical (unpaired) electrons. The zero-order valence-corrected chi connectivity index (χ0v) is 8.16. The lowest BCUT2D eigenvalue weighted by Gasteiger charge is -2.00. The maximum absolute atomic E-state index is 10.5. The van der Waals surface area contributed by atoms with Gasteiger partial charge in [-0.25, -0.2) is 4.79 Å². The van der Waals surface area contributed by atoms with Crippen molar-refractivity contribution < 1.29 is 19.2 Å². The first-order valence-electron chi connectivity index (χ1n) is 4.49. The molecule has 6 heteroatoms. The zero-order chi connectivity index (χ0) is 11.4. The van der Waals surface area contributed by atoms with Crippen molar-refractivity contribution in [3.63, 3.8) is 0 Å². The van der Waals surface area contributed by atoms with Crippen LogP contribution in [0.25, 0.3) is 0 Å². The van der Waals surface area contributed by atoms with Gasteiger partial charge in [0.05, 0.1) is 0 Å². The van der Waals surface area contributed by atoms with E-state index in [-0.39, 0.29) is 18.3 Å². The zero-order valence-electron chi connectivity index (χ0n) is 8.16. The van der Waals surface area contributed by atoms with Crippen molar-refractivity contribution in [2.45, 2.75) is 6.61 Å². The van der Waals surface area contributed by atoms with Gasteiger partial charge in [0.25, 0.3) is 11.7 Å². The number of carboxylic acids is 1. The fourth-order valence-electron chi connectivity index (χ4n) is 1.06. The number of carbonyl (C=O) groups is 1. The molecule has 0 amide bonds. The van der Waals surface area contributed by atoms with Crippen LogP contribution in [-0.2, 0) is 6.61 Å². The molecule has 0 saturated carbocycles. The van der Waals surface area contributed by atoms with Gasteiger partial charge in [0.15, 0.2) is 6.61 Å². The highest BCUT2D eigenvalue weighted by Crippen LogP contribution is 2.10. The average molecular weight is 220 g/mol. The number of aromatic carboxylic acids is 1. The van der Waals surface area contributed by atoms with Crippen LogP contribution in [0.4, 0.5) is 0 Å². The minimum atomic E-state index is -1.23. The highest BCUT2D eigenvalue weighted by Gasteiger charge is 2.12. The maximum atomic E-state index is 10.5. The molecule has 0 bridgehead atoms. The van der Waals surface area contributed by atoms with Crippen LogP contribution >= 0.6 is 0 Å². The Morgan fingerprint density at radius 3 is 2.75 bits per heavy atom. The van der Waals surface area contributed by atoms with Gasteiger partial charge in [0.1, 0.15) is 5.75 Å². The quantitative estimate of drug-likeness (QED) is 0.836. The first-order chi connectivity index (χ1) is 7.75. The summed E-state index contributed by atoms with van der Waals surface area (Å²) in [6.45, 7) is 0.0459. The number of carboxylic acid groups (broad SMARTS) is 1. The third kappa shape index (κ3) is 2.35. The van der Waals surface area contributed by atoms with Crippen molar-refractivity contribution >= 4 is 5.97 Å². The molecule has 0 aliphatic heterocycles. The number of nitrogens with zero attached hydrogens (tertiary/aromatic N) is 2. The molecule has 1 aromatic heterocycles. The molecule has 2 rings (SSSR count). The van der Waals surface area contributed by atoms with Crippen LogP contribution < -0.4 is 4.74 Å². The molecule has 0 fully saturated rings. The van der Waals surface area contributed by atoms with Gasteiger partial charge in [-0.2, -0.15) is 4.98 Å². The molecule has 2 aromatic rings. The van der Waals surface area contributed by atoms with Gasteiger partial charge in [-0.3, -0.25) is 0 Å². The number of hydrogen-bond donors (Lipinski definition) is 1. The standard InChI is InChI=1S/C10H8N2O4/c13-10(14)9-11-8(16-12-9)6-15-7-4-2-1-3-5-7/h1-5H,6H2,(H,13,14). The summed E-state index contributed by atoms with van der Waals surface area (Å²) in [6, 6.07) is 9.06. The van der Waals surface area contributed by atoms with Gasteiger partial charge in [-0.05, 0) is 17.3 Å². The number of para-hydroxylation sites is 1. The summed E-state index contributed by atoms with van der Waals surface area (Å²) in [6.07, 6.45) is 0. The number of aromatic nitrogens is 2. The molecule has 0 spiro atoms. The summed E-state index contributed by atoms with van der Waals surface area (Å²) in [5.41, 5.74) is 0. The van der Waals surface area contributed by atoms with Crippen molar-refractivity contribution in [2.75, 3.05) is 0 Å². The normalized spacial score (nSPS) is 10.0. The largest absolute Gasteiger partial charge is 0.484 e. The van der Waals surface area contributed by atoms with E-state index in [2.05, 4.69) is 14.7 Å². The topological polar surface area (TPSA) is 85.5 Å². The van der Waals surface area contributed by atoms with Gasteiger partial charge in [0.2, 0.25) is 0 Å². The minimum Gasteiger partial charge on any atom is -0.484 e. The Labute approximate surface area is 90.5 Å². The average Bonchev–Trinajstić information content (AvgIpc) is 2.76. The fourth-order valence-corrected chi connectivity index (χ4v) is 1.06. The number of hydrogen-bond acceptors (Lipinski definition) is 5. The Kier molecular flexibility index (Phi) is 2.81. The van der Waals surface area contributed by atoms with Crippen LogP contribution in [0.1, 0.15) is 16.5 Å². The van der Waals surface area contributed by atoms with Gasteiger partial charge in [-0.1, -0.05) is 18.2 Å². The van der Waals surface area contributed by atoms with Crippen molar-refractivity contribution in [1.29, 1.82) is 0 Å². The molecule has 1 aromatic carbocycles. The predicted octanol–water partition coefficient (Wildman–Crippen LogP) is 1.35. The van der Waals surface area contributed by atoms with Crippen molar-refractivity contribution in [1.82, 2.24) is 10.1 Å². The van der Waals surface area contributed by atoms with E-state index in [1.165, 1.54) is 0 Å². The number of rotatable bonds is 4. The molecule has 82 valence electrons. The first kappa shape index (κ1) is 10.2. The molecule has 1 N–H and O–H groups in total. The minimum absolute atomic E-state index is 0.0459. The summed E-state index contributed by atoms with van der Waals surface area (Å²) in [7, 11) is 0. The second kappa shape index (κ2) is 4.43. The summed E-state index contributed by atoms with van der Waals surface area (Å²) >= 11 is 0. The predicted molar refractivity (Wildman–Crippen MR) is 52.0 cm³/mol. The van der Waals surface area contributed by atoms with Crippen molar-refractivity contribution in [3.05, 3.63) is 42.0 Å². The highest BCUT2D eigenvalue weighted by molar-refractivity contribution is 5.82. The number of ether oxygens (including phenoxy) is 1. The van der Waals surface area contributed by atoms with Crippen molar-refractivity contribution in [2.24, 2.45) is 0 Å². The maximum Gasteiger partial charge on any atom is 0.377 e. The smallest absolute Gasteiger partial charge is 0.377 e. The van der Waals surface area contributed by atoms with Gasteiger partial charge in [-0.15, -0.1) is 0 Å². The van der Waals surface area contributed by atoms with E-state index < -0.39 is 5.97 Å². The molecule has 0 saturated heterocycles. The van der Waals surface area contributed by atoms with Crippen LogP contribution in [0.15, 0.2) is 34.9 Å². The Morgan fingerprint density at radius 2 is 2.12 bits per heavy atom. The lowest BCUT2D eigenvalue weighted by atomic mass is 10.3. The van der Waals surface area contributed by atoms with Gasteiger partial charge < -0.3 is 14.4 Å². The second-order valence-electron chi connectivity index (χ2n) is 2.92. The van der Waals surface area contributed by atoms with E-state index >= 15 is 0 Å². The Hall–Kier alpha value is -2.37. The summed E-state index contributed by atoms with van der Waals surface area (Å²) in [5, 5.41) is 11.8. The molecular weight excluding hydrogens is 212 g/mol. The molecule has 0 aliphatic rings. The second-order valence-corrected chi connectivity index (χ2v) is 2.92. The molecular formula is C10H8N2O4. The molecule has 0 unspecified atom stereocenters. The lowest BCUT2D eigenvalue weighted by Crippen LogP contribution is -2.00. The van der Waals surface area contributed by atoms with Gasteiger partial charge >= 0.3 is 5.97 Å². The van der Waals surface area contributed by atoms with Crippen LogP contribution in [0.5, 0.6) is 5.75 Å². The van der Waals surface area contributed by atoms with Crippen LogP contribution in [0.2, 0.25) is 0 Å². The van der Waals surface area contributed by atoms with E-state index in [1.54, 1.807) is 12.1 Å². The van der Waals surface area contributed by atoms with E-state index in [9.17, 15) is 4.79 Å². The van der Waals surface area contributed by atoms with E-state index in [4.69, 9.17) is 9.84 Å². The SMILES string of the molecule is O=C(O)c1noc(COc2ccccc2)n1. The third-order valence-electron chi connectivity index (χ3n) is 1.76. The van der Waals surface area contributed by atoms with Crippen LogP contribution in [0.3, 0.4) is 0 Å².